The first kappa shape index (κ1) is 12.3. The number of benzene rings is 2. The zero-order valence-corrected chi connectivity index (χ0v) is 11.3. The molecule has 2 aromatic carbocycles. The average Bonchev–Trinajstić information content (AvgIpc) is 2.48. The molecule has 0 N–H and O–H groups in total. The minimum absolute atomic E-state index is 0.302. The Morgan fingerprint density at radius 2 is 1.89 bits per heavy atom. The molecular weight excluding hydrogens is 256 g/mol. The highest BCUT2D eigenvalue weighted by Crippen LogP contribution is 2.28. The molecular formula is C16H14O2S. The van der Waals surface area contributed by atoms with Gasteiger partial charge >= 0.3 is 5.97 Å². The SMILES string of the molecule is O=C(Oc1ccc2c(c1)CSCC2)c1ccccc1. The van der Waals surface area contributed by atoms with Crippen molar-refractivity contribution in [1.82, 2.24) is 0 Å². The van der Waals surface area contributed by atoms with Crippen LogP contribution in [0.1, 0.15) is 21.5 Å². The molecule has 1 heterocycles. The van der Waals surface area contributed by atoms with Gasteiger partial charge in [-0.05, 0) is 47.6 Å². The molecule has 19 heavy (non-hydrogen) atoms. The average molecular weight is 270 g/mol. The van der Waals surface area contributed by atoms with Crippen LogP contribution in [0.5, 0.6) is 5.75 Å². The molecule has 0 aliphatic carbocycles. The molecule has 0 unspecified atom stereocenters. The summed E-state index contributed by atoms with van der Waals surface area (Å²) in [6.07, 6.45) is 1.10. The fourth-order valence-electron chi connectivity index (χ4n) is 2.15. The number of carbonyl (C=O) groups excluding carboxylic acids is 1. The molecule has 0 aromatic heterocycles. The lowest BCUT2D eigenvalue weighted by Crippen LogP contribution is -2.09. The van der Waals surface area contributed by atoms with E-state index in [1.807, 2.05) is 42.1 Å². The molecule has 0 atom stereocenters. The van der Waals surface area contributed by atoms with Crippen LogP contribution in [-0.2, 0) is 12.2 Å². The van der Waals surface area contributed by atoms with Crippen LogP contribution in [0.3, 0.4) is 0 Å². The third kappa shape index (κ3) is 2.82. The number of ether oxygens (including phenoxy) is 1. The Kier molecular flexibility index (Phi) is 3.56. The molecule has 3 heteroatoms. The lowest BCUT2D eigenvalue weighted by molar-refractivity contribution is 0.0734. The van der Waals surface area contributed by atoms with Crippen LogP contribution in [0.4, 0.5) is 0 Å². The second kappa shape index (κ2) is 5.49. The first-order chi connectivity index (χ1) is 9.33. The molecule has 0 fully saturated rings. The van der Waals surface area contributed by atoms with Crippen LogP contribution < -0.4 is 4.74 Å². The van der Waals surface area contributed by atoms with E-state index in [4.69, 9.17) is 4.74 Å². The van der Waals surface area contributed by atoms with Gasteiger partial charge in [-0.2, -0.15) is 11.8 Å². The normalized spacial score (nSPS) is 13.7. The third-order valence-electron chi connectivity index (χ3n) is 3.17. The Bertz CT molecular complexity index is 593. The molecule has 0 radical (unpaired) electrons. The first-order valence-electron chi connectivity index (χ1n) is 6.30. The molecule has 0 spiro atoms. The molecule has 0 bridgehead atoms. The van der Waals surface area contributed by atoms with Gasteiger partial charge in [0.1, 0.15) is 5.75 Å². The van der Waals surface area contributed by atoms with Crippen molar-refractivity contribution in [3.05, 3.63) is 65.2 Å². The fraction of sp³-hybridized carbons (Fsp3) is 0.188. The van der Waals surface area contributed by atoms with Crippen LogP contribution in [0.15, 0.2) is 48.5 Å². The smallest absolute Gasteiger partial charge is 0.343 e. The lowest BCUT2D eigenvalue weighted by atomic mass is 10.1. The van der Waals surface area contributed by atoms with Gasteiger partial charge in [-0.1, -0.05) is 24.3 Å². The van der Waals surface area contributed by atoms with Gasteiger partial charge in [0.15, 0.2) is 0 Å². The van der Waals surface area contributed by atoms with Crippen LogP contribution in [0.2, 0.25) is 0 Å². The number of hydrogen-bond acceptors (Lipinski definition) is 3. The van der Waals surface area contributed by atoms with E-state index in [0.717, 1.165) is 12.2 Å². The van der Waals surface area contributed by atoms with Crippen molar-refractivity contribution in [3.63, 3.8) is 0 Å². The maximum absolute atomic E-state index is 12.0. The van der Waals surface area contributed by atoms with Gasteiger partial charge in [-0.25, -0.2) is 4.79 Å². The number of fused-ring (bicyclic) bond motifs is 1. The van der Waals surface area contributed by atoms with Gasteiger partial charge in [0, 0.05) is 5.75 Å². The second-order valence-corrected chi connectivity index (χ2v) is 5.59. The van der Waals surface area contributed by atoms with Crippen LogP contribution in [0.25, 0.3) is 0 Å². The summed E-state index contributed by atoms with van der Waals surface area (Å²) >= 11 is 1.92. The summed E-state index contributed by atoms with van der Waals surface area (Å²) in [4.78, 5) is 12.0. The summed E-state index contributed by atoms with van der Waals surface area (Å²) in [5.41, 5.74) is 3.24. The van der Waals surface area contributed by atoms with Crippen molar-refractivity contribution < 1.29 is 9.53 Å². The van der Waals surface area contributed by atoms with Crippen molar-refractivity contribution >= 4 is 17.7 Å². The van der Waals surface area contributed by atoms with Crippen molar-refractivity contribution in [2.24, 2.45) is 0 Å². The van der Waals surface area contributed by atoms with E-state index in [9.17, 15) is 4.79 Å². The summed E-state index contributed by atoms with van der Waals surface area (Å²) in [5.74, 6) is 2.52. The summed E-state index contributed by atoms with van der Waals surface area (Å²) in [5, 5.41) is 0. The molecule has 1 aliphatic heterocycles. The molecule has 2 nitrogen and oxygen atoms in total. The molecule has 96 valence electrons. The van der Waals surface area contributed by atoms with Crippen molar-refractivity contribution in [1.29, 1.82) is 0 Å². The molecule has 1 aliphatic rings. The number of aryl methyl sites for hydroxylation is 1. The van der Waals surface area contributed by atoms with Crippen LogP contribution >= 0.6 is 11.8 Å². The number of thioether (sulfide) groups is 1. The Morgan fingerprint density at radius 3 is 2.74 bits per heavy atom. The summed E-state index contributed by atoms with van der Waals surface area (Å²) in [7, 11) is 0. The van der Waals surface area contributed by atoms with Crippen molar-refractivity contribution in [2.45, 2.75) is 12.2 Å². The molecule has 2 aromatic rings. The first-order valence-corrected chi connectivity index (χ1v) is 7.45. The molecule has 0 amide bonds. The highest BCUT2D eigenvalue weighted by atomic mass is 32.2. The number of rotatable bonds is 2. The Hall–Kier alpha value is -1.74. The van der Waals surface area contributed by atoms with Gasteiger partial charge in [-0.3, -0.25) is 0 Å². The Morgan fingerprint density at radius 1 is 1.05 bits per heavy atom. The Balaban J connectivity index is 1.78. The number of carbonyl (C=O) groups is 1. The lowest BCUT2D eigenvalue weighted by Gasteiger charge is -2.16. The minimum atomic E-state index is -0.302. The van der Waals surface area contributed by atoms with E-state index >= 15 is 0 Å². The van der Waals surface area contributed by atoms with E-state index in [0.29, 0.717) is 11.3 Å². The highest BCUT2D eigenvalue weighted by molar-refractivity contribution is 7.98. The topological polar surface area (TPSA) is 26.3 Å². The monoisotopic (exact) mass is 270 g/mol. The predicted octanol–water partition coefficient (Wildman–Crippen LogP) is 3.70. The molecule has 0 saturated carbocycles. The molecule has 3 rings (SSSR count). The maximum atomic E-state index is 12.0. The largest absolute Gasteiger partial charge is 0.423 e. The van der Waals surface area contributed by atoms with Gasteiger partial charge in [-0.15, -0.1) is 0 Å². The van der Waals surface area contributed by atoms with E-state index in [1.165, 1.54) is 16.9 Å². The van der Waals surface area contributed by atoms with Crippen LogP contribution in [-0.4, -0.2) is 11.7 Å². The third-order valence-corrected chi connectivity index (χ3v) is 4.18. The van der Waals surface area contributed by atoms with E-state index in [2.05, 4.69) is 6.07 Å². The van der Waals surface area contributed by atoms with E-state index < -0.39 is 0 Å². The highest BCUT2D eigenvalue weighted by Gasteiger charge is 2.12. The minimum Gasteiger partial charge on any atom is -0.423 e. The fourth-order valence-corrected chi connectivity index (χ4v) is 3.15. The van der Waals surface area contributed by atoms with E-state index in [-0.39, 0.29) is 5.97 Å². The zero-order chi connectivity index (χ0) is 13.1. The van der Waals surface area contributed by atoms with E-state index in [1.54, 1.807) is 12.1 Å². The van der Waals surface area contributed by atoms with Crippen LogP contribution in [0, 0.1) is 0 Å². The summed E-state index contributed by atoms with van der Waals surface area (Å²) in [6.45, 7) is 0. The van der Waals surface area contributed by atoms with Gasteiger partial charge in [0.25, 0.3) is 0 Å². The van der Waals surface area contributed by atoms with Gasteiger partial charge < -0.3 is 4.74 Å². The summed E-state index contributed by atoms with van der Waals surface area (Å²) < 4.78 is 5.42. The van der Waals surface area contributed by atoms with Gasteiger partial charge in [0.2, 0.25) is 0 Å². The maximum Gasteiger partial charge on any atom is 0.343 e. The molecule has 0 saturated heterocycles. The summed E-state index contributed by atoms with van der Waals surface area (Å²) in [6, 6.07) is 15.0. The van der Waals surface area contributed by atoms with Crippen molar-refractivity contribution in [3.8, 4) is 5.75 Å². The predicted molar refractivity (Wildman–Crippen MR) is 77.7 cm³/mol. The zero-order valence-electron chi connectivity index (χ0n) is 10.5. The number of hydrogen-bond donors (Lipinski definition) is 0. The second-order valence-electron chi connectivity index (χ2n) is 4.49. The van der Waals surface area contributed by atoms with Crippen molar-refractivity contribution in [2.75, 3.05) is 5.75 Å². The van der Waals surface area contributed by atoms with Gasteiger partial charge in [0.05, 0.1) is 5.56 Å². The number of esters is 1. The Labute approximate surface area is 116 Å². The quantitative estimate of drug-likeness (QED) is 0.615. The standard InChI is InChI=1S/C16H14O2S/c17-16(13-4-2-1-3-5-13)18-15-7-6-12-8-9-19-11-14(12)10-15/h1-7,10H,8-9,11H2.